The maximum atomic E-state index is 5.33. The predicted molar refractivity (Wildman–Crippen MR) is 185 cm³/mol. The molecule has 0 amide bonds. The number of aryl methyl sites for hydroxylation is 1. The molecule has 4 heterocycles. The molecule has 4 heteroatoms. The number of hydrogen-bond acceptors (Lipinski definition) is 4. The molecule has 212 valence electrons. The summed E-state index contributed by atoms with van der Waals surface area (Å²) in [6.45, 7) is 2.02. The van der Waals surface area contributed by atoms with Crippen LogP contribution in [0, 0.1) is 6.92 Å². The molecule has 0 saturated carbocycles. The molecule has 45 heavy (non-hydrogen) atoms. The number of nitrogens with zero attached hydrogens (tertiary/aromatic N) is 4. The van der Waals surface area contributed by atoms with E-state index in [4.69, 9.17) is 19.9 Å². The summed E-state index contributed by atoms with van der Waals surface area (Å²) >= 11 is 0. The van der Waals surface area contributed by atoms with E-state index in [0.717, 1.165) is 83.7 Å². The summed E-state index contributed by atoms with van der Waals surface area (Å²) in [4.78, 5) is 20.3. The molecule has 8 rings (SSSR count). The van der Waals surface area contributed by atoms with Crippen molar-refractivity contribution in [3.05, 3.63) is 157 Å². The van der Waals surface area contributed by atoms with Crippen LogP contribution >= 0.6 is 0 Å². The SMILES string of the molecule is Cc1ccc2ccc3c(-c4ccccn4)cc(-c4ccccc4-c4cc(-c5ccccc5)cc(-c5ccccc5)n4)nc3c2n1. The van der Waals surface area contributed by atoms with Crippen molar-refractivity contribution in [3.8, 4) is 56.2 Å². The number of hydrogen-bond donors (Lipinski definition) is 0. The van der Waals surface area contributed by atoms with Gasteiger partial charge in [-0.3, -0.25) is 9.97 Å². The third kappa shape index (κ3) is 5.02. The van der Waals surface area contributed by atoms with Crippen molar-refractivity contribution in [1.29, 1.82) is 0 Å². The lowest BCUT2D eigenvalue weighted by atomic mass is 9.94. The molecular formula is C41H28N4. The largest absolute Gasteiger partial charge is 0.256 e. The highest BCUT2D eigenvalue weighted by atomic mass is 14.8. The summed E-state index contributed by atoms with van der Waals surface area (Å²) in [7, 11) is 0. The first-order valence-corrected chi connectivity index (χ1v) is 15.1. The quantitative estimate of drug-likeness (QED) is 0.191. The van der Waals surface area contributed by atoms with Crippen LogP contribution in [0.4, 0.5) is 0 Å². The molecule has 0 atom stereocenters. The van der Waals surface area contributed by atoms with Gasteiger partial charge in [0, 0.05) is 44.9 Å². The van der Waals surface area contributed by atoms with Gasteiger partial charge in [-0.25, -0.2) is 9.97 Å². The predicted octanol–water partition coefficient (Wildman–Crippen LogP) is 10.2. The standard InChI is InChI=1S/C41H28N4/c1-27-19-20-30-21-22-34-35(36-18-10-11-23-42-36)26-39(45-41(34)40(30)43-27)33-17-9-8-16-32(33)38-25-31(28-12-4-2-5-13-28)24-37(44-38)29-14-6-3-7-15-29/h2-26H,1H3. The Bertz CT molecular complexity index is 2260. The molecule has 0 spiro atoms. The zero-order chi connectivity index (χ0) is 30.2. The number of fused-ring (bicyclic) bond motifs is 3. The van der Waals surface area contributed by atoms with E-state index in [1.165, 1.54) is 0 Å². The van der Waals surface area contributed by atoms with E-state index in [1.807, 2.05) is 43.5 Å². The monoisotopic (exact) mass is 576 g/mol. The third-order valence-corrected chi connectivity index (χ3v) is 8.20. The lowest BCUT2D eigenvalue weighted by Gasteiger charge is -2.15. The Balaban J connectivity index is 1.40. The molecule has 0 unspecified atom stereocenters. The second kappa shape index (κ2) is 11.3. The van der Waals surface area contributed by atoms with Gasteiger partial charge in [0.15, 0.2) is 0 Å². The molecule has 0 saturated heterocycles. The maximum absolute atomic E-state index is 5.33. The fourth-order valence-electron chi connectivity index (χ4n) is 5.99. The zero-order valence-electron chi connectivity index (χ0n) is 24.7. The second-order valence-electron chi connectivity index (χ2n) is 11.2. The van der Waals surface area contributed by atoms with Gasteiger partial charge in [0.25, 0.3) is 0 Å². The minimum Gasteiger partial charge on any atom is -0.256 e. The van der Waals surface area contributed by atoms with Crippen LogP contribution in [0.15, 0.2) is 152 Å². The van der Waals surface area contributed by atoms with E-state index in [0.29, 0.717) is 0 Å². The van der Waals surface area contributed by atoms with E-state index in [2.05, 4.69) is 115 Å². The van der Waals surface area contributed by atoms with Crippen molar-refractivity contribution in [3.63, 3.8) is 0 Å². The molecule has 0 N–H and O–H groups in total. The summed E-state index contributed by atoms with van der Waals surface area (Å²) < 4.78 is 0. The van der Waals surface area contributed by atoms with Crippen LogP contribution in [0.2, 0.25) is 0 Å². The smallest absolute Gasteiger partial charge is 0.0979 e. The third-order valence-electron chi connectivity index (χ3n) is 8.20. The van der Waals surface area contributed by atoms with Gasteiger partial charge in [-0.15, -0.1) is 0 Å². The Morgan fingerprint density at radius 1 is 0.400 bits per heavy atom. The van der Waals surface area contributed by atoms with E-state index < -0.39 is 0 Å². The van der Waals surface area contributed by atoms with Crippen LogP contribution in [0.25, 0.3) is 78.0 Å². The van der Waals surface area contributed by atoms with Gasteiger partial charge < -0.3 is 0 Å². The highest BCUT2D eigenvalue weighted by molar-refractivity contribution is 6.09. The summed E-state index contributed by atoms with van der Waals surface area (Å²) in [6.07, 6.45) is 1.84. The fraction of sp³-hybridized carbons (Fsp3) is 0.0244. The van der Waals surface area contributed by atoms with Gasteiger partial charge in [0.05, 0.1) is 33.8 Å². The van der Waals surface area contributed by atoms with Crippen LogP contribution in [-0.2, 0) is 0 Å². The van der Waals surface area contributed by atoms with Crippen molar-refractivity contribution < 1.29 is 0 Å². The zero-order valence-corrected chi connectivity index (χ0v) is 24.7. The fourth-order valence-corrected chi connectivity index (χ4v) is 5.99. The van der Waals surface area contributed by atoms with Gasteiger partial charge in [-0.2, -0.15) is 0 Å². The first-order valence-electron chi connectivity index (χ1n) is 15.1. The van der Waals surface area contributed by atoms with E-state index in [9.17, 15) is 0 Å². The summed E-state index contributed by atoms with van der Waals surface area (Å²) in [5.74, 6) is 0. The first-order chi connectivity index (χ1) is 22.2. The number of benzene rings is 4. The van der Waals surface area contributed by atoms with Crippen LogP contribution in [0.3, 0.4) is 0 Å². The molecule has 0 bridgehead atoms. The summed E-state index contributed by atoms with van der Waals surface area (Å²) in [6, 6.07) is 50.2. The van der Waals surface area contributed by atoms with Crippen molar-refractivity contribution in [1.82, 2.24) is 19.9 Å². The molecule has 8 aromatic rings. The lowest BCUT2D eigenvalue weighted by molar-refractivity contribution is 1.25. The molecule has 0 aliphatic carbocycles. The normalized spacial score (nSPS) is 11.2. The highest BCUT2D eigenvalue weighted by Gasteiger charge is 2.18. The number of rotatable bonds is 5. The maximum Gasteiger partial charge on any atom is 0.0979 e. The van der Waals surface area contributed by atoms with Gasteiger partial charge in [-0.1, -0.05) is 109 Å². The minimum absolute atomic E-state index is 0.850. The average molecular weight is 577 g/mol. The molecule has 4 nitrogen and oxygen atoms in total. The Kier molecular flexibility index (Phi) is 6.65. The van der Waals surface area contributed by atoms with Gasteiger partial charge >= 0.3 is 0 Å². The van der Waals surface area contributed by atoms with Crippen LogP contribution in [0.1, 0.15) is 5.69 Å². The first kappa shape index (κ1) is 26.6. The van der Waals surface area contributed by atoms with Crippen LogP contribution in [0.5, 0.6) is 0 Å². The van der Waals surface area contributed by atoms with Gasteiger partial charge in [-0.05, 0) is 54.4 Å². The van der Waals surface area contributed by atoms with Crippen molar-refractivity contribution in [2.24, 2.45) is 0 Å². The van der Waals surface area contributed by atoms with E-state index >= 15 is 0 Å². The Hall–Kier alpha value is -6.00. The molecule has 0 fully saturated rings. The molecule has 0 aliphatic rings. The Morgan fingerprint density at radius 2 is 1.04 bits per heavy atom. The summed E-state index contributed by atoms with van der Waals surface area (Å²) in [5.41, 5.74) is 12.6. The average Bonchev–Trinajstić information content (AvgIpc) is 3.12. The Labute approximate surface area is 261 Å². The molecule has 0 radical (unpaired) electrons. The minimum atomic E-state index is 0.850. The van der Waals surface area contributed by atoms with E-state index in [-0.39, 0.29) is 0 Å². The molecular weight excluding hydrogens is 548 g/mol. The van der Waals surface area contributed by atoms with Crippen molar-refractivity contribution >= 4 is 21.8 Å². The van der Waals surface area contributed by atoms with Crippen LogP contribution in [-0.4, -0.2) is 19.9 Å². The molecule has 0 aliphatic heterocycles. The van der Waals surface area contributed by atoms with Crippen molar-refractivity contribution in [2.45, 2.75) is 6.92 Å². The van der Waals surface area contributed by atoms with Gasteiger partial charge in [0.1, 0.15) is 0 Å². The van der Waals surface area contributed by atoms with Crippen molar-refractivity contribution in [2.75, 3.05) is 0 Å². The number of aromatic nitrogens is 4. The number of pyridine rings is 4. The topological polar surface area (TPSA) is 51.6 Å². The lowest BCUT2D eigenvalue weighted by Crippen LogP contribution is -1.97. The second-order valence-corrected chi connectivity index (χ2v) is 11.2. The van der Waals surface area contributed by atoms with Crippen LogP contribution < -0.4 is 0 Å². The molecule has 4 aromatic carbocycles. The van der Waals surface area contributed by atoms with Gasteiger partial charge in [0.2, 0.25) is 0 Å². The Morgan fingerprint density at radius 3 is 1.78 bits per heavy atom. The summed E-state index contributed by atoms with van der Waals surface area (Å²) in [5, 5.41) is 2.08. The molecule has 4 aromatic heterocycles. The van der Waals surface area contributed by atoms with E-state index in [1.54, 1.807) is 0 Å². The highest BCUT2D eigenvalue weighted by Crippen LogP contribution is 2.39.